The Morgan fingerprint density at radius 1 is 0.538 bits per heavy atom. The molecule has 0 radical (unpaired) electrons. The summed E-state index contributed by atoms with van der Waals surface area (Å²) in [6.07, 6.45) is 0.901. The smallest absolute Gasteiger partial charge is 0.0809 e. The van der Waals surface area contributed by atoms with E-state index < -0.39 is 7.92 Å². The summed E-state index contributed by atoms with van der Waals surface area (Å²) in [6.45, 7) is 0. The van der Waals surface area contributed by atoms with E-state index in [1.165, 1.54) is 32.2 Å². The van der Waals surface area contributed by atoms with Crippen LogP contribution in [0.1, 0.15) is 5.69 Å². The van der Waals surface area contributed by atoms with Crippen LogP contribution >= 0.6 is 16.5 Å². The summed E-state index contributed by atoms with van der Waals surface area (Å²) < 4.78 is 0. The Morgan fingerprint density at radius 2 is 1.18 bits per heavy atom. The second-order valence-corrected chi connectivity index (χ2v) is 13.5. The third kappa shape index (κ3) is 3.95. The fraction of sp³-hybridized carbons (Fsp3) is 0.0286. The van der Waals surface area contributed by atoms with Gasteiger partial charge in [-0.25, -0.2) is 4.98 Å². The highest BCUT2D eigenvalue weighted by Crippen LogP contribution is 2.40. The quantitative estimate of drug-likeness (QED) is 0.165. The maximum Gasteiger partial charge on any atom is 0.0809 e. The van der Waals surface area contributed by atoms with Crippen LogP contribution in [0.3, 0.4) is 0 Å². The molecule has 7 aromatic rings. The first-order valence-electron chi connectivity index (χ1n) is 13.2. The minimum atomic E-state index is -0.645. The van der Waals surface area contributed by atoms with E-state index in [9.17, 15) is 0 Å². The highest BCUT2D eigenvalue weighted by atomic mass is 31.1. The summed E-state index contributed by atoms with van der Waals surface area (Å²) in [6, 6.07) is 46.5. The predicted octanol–water partition coefficient (Wildman–Crippen LogP) is 7.18. The first-order valence-corrected chi connectivity index (χ1v) is 15.7. The van der Waals surface area contributed by atoms with Crippen molar-refractivity contribution < 1.29 is 0 Å². The fourth-order valence-corrected chi connectivity index (χ4v) is 9.79. The van der Waals surface area contributed by atoms with Crippen LogP contribution in [0.4, 0.5) is 0 Å². The molecule has 39 heavy (non-hydrogen) atoms. The van der Waals surface area contributed by atoms with Gasteiger partial charge in [-0.15, -0.1) is 0 Å². The van der Waals surface area contributed by atoms with E-state index in [-0.39, 0.29) is 0 Å². The molecular weight excluding hydrogens is 510 g/mol. The van der Waals surface area contributed by atoms with Gasteiger partial charge in [0.25, 0.3) is 0 Å². The lowest BCUT2D eigenvalue weighted by Gasteiger charge is -2.23. The highest BCUT2D eigenvalue weighted by molar-refractivity contribution is 7.74. The minimum absolute atomic E-state index is 0.539. The Hall–Kier alpha value is -3.96. The lowest BCUT2D eigenvalue weighted by Crippen LogP contribution is -2.26. The minimum Gasteiger partial charge on any atom is -0.252 e. The van der Waals surface area contributed by atoms with Crippen LogP contribution in [0, 0.1) is 0 Å². The van der Waals surface area contributed by atoms with E-state index in [2.05, 4.69) is 127 Å². The molecule has 0 fully saturated rings. The SMILES string of the molecule is c1ccc(P2Cc3ccc4ccc5ccc6ccc(nc6c5c4n3)-c3ccccc3Pc3ccccc32)cc1. The summed E-state index contributed by atoms with van der Waals surface area (Å²) in [5, 5.41) is 10.2. The molecule has 1 aliphatic rings. The molecule has 5 aromatic carbocycles. The number of nitrogens with zero attached hydrogens (tertiary/aromatic N) is 2. The first kappa shape index (κ1) is 23.0. The van der Waals surface area contributed by atoms with E-state index in [0.717, 1.165) is 44.7 Å². The van der Waals surface area contributed by atoms with Crippen molar-refractivity contribution in [3.63, 3.8) is 0 Å². The van der Waals surface area contributed by atoms with Crippen molar-refractivity contribution in [2.45, 2.75) is 6.16 Å². The number of hydrogen-bond donors (Lipinski definition) is 0. The zero-order chi connectivity index (χ0) is 25.8. The third-order valence-electron chi connectivity index (χ3n) is 7.61. The standard InChI is InChI=1S/C35H24N2P2/c1-2-8-27(9-3-1)39-22-26-20-18-24-16-14-23-15-17-25-19-21-29(37-35(25)33(23)34(24)36-26)28-10-4-5-11-30(28)38-31-12-6-7-13-32(31)39/h1-21,38H,22H2. The van der Waals surface area contributed by atoms with Gasteiger partial charge in [0.05, 0.1) is 16.7 Å². The Morgan fingerprint density at radius 3 is 2.03 bits per heavy atom. The van der Waals surface area contributed by atoms with Gasteiger partial charge >= 0.3 is 0 Å². The van der Waals surface area contributed by atoms with Crippen molar-refractivity contribution in [1.29, 1.82) is 0 Å². The summed E-state index contributed by atoms with van der Waals surface area (Å²) in [5.74, 6) is 0. The Bertz CT molecular complexity index is 2030. The summed E-state index contributed by atoms with van der Waals surface area (Å²) in [7, 11) is -0.106. The van der Waals surface area contributed by atoms with Crippen molar-refractivity contribution in [3.05, 3.63) is 133 Å². The van der Waals surface area contributed by atoms with E-state index in [1.807, 2.05) is 0 Å². The summed E-state index contributed by atoms with van der Waals surface area (Å²) in [5.41, 5.74) is 5.43. The molecule has 0 saturated heterocycles. The molecule has 4 heteroatoms. The van der Waals surface area contributed by atoms with Crippen molar-refractivity contribution in [2.75, 3.05) is 0 Å². The largest absolute Gasteiger partial charge is 0.252 e. The number of benzene rings is 5. The van der Waals surface area contributed by atoms with Gasteiger partial charge in [0.1, 0.15) is 0 Å². The van der Waals surface area contributed by atoms with Gasteiger partial charge in [-0.05, 0) is 46.7 Å². The van der Waals surface area contributed by atoms with Crippen molar-refractivity contribution >= 4 is 70.3 Å². The number of fused-ring (bicyclic) bond motifs is 5. The molecular formula is C35H24N2P2. The van der Waals surface area contributed by atoms with Gasteiger partial charge in [0.2, 0.25) is 0 Å². The first-order chi connectivity index (χ1) is 19.3. The highest BCUT2D eigenvalue weighted by Gasteiger charge is 2.21. The molecule has 2 unspecified atom stereocenters. The second kappa shape index (κ2) is 9.35. The lowest BCUT2D eigenvalue weighted by molar-refractivity contribution is 1.22. The Kier molecular flexibility index (Phi) is 5.51. The van der Waals surface area contributed by atoms with Gasteiger partial charge in [-0.2, -0.15) is 0 Å². The number of rotatable bonds is 1. The Labute approximate surface area is 230 Å². The fourth-order valence-electron chi connectivity index (χ4n) is 5.72. The molecule has 0 amide bonds. The molecule has 2 aromatic heterocycles. The number of aromatic nitrogens is 2. The van der Waals surface area contributed by atoms with Crippen molar-refractivity contribution in [2.24, 2.45) is 0 Å². The van der Waals surface area contributed by atoms with Gasteiger partial charge < -0.3 is 0 Å². The van der Waals surface area contributed by atoms with Crippen LogP contribution in [0.25, 0.3) is 43.8 Å². The molecule has 2 nitrogen and oxygen atoms in total. The Balaban J connectivity index is 1.49. The average Bonchev–Trinajstić information content (AvgIpc) is 3.00. The van der Waals surface area contributed by atoms with Crippen molar-refractivity contribution in [3.8, 4) is 11.3 Å². The third-order valence-corrected chi connectivity index (χ3v) is 11.8. The van der Waals surface area contributed by atoms with E-state index in [0.29, 0.717) is 8.58 Å². The maximum atomic E-state index is 5.37. The normalized spacial score (nSPS) is 15.3. The van der Waals surface area contributed by atoms with Gasteiger partial charge in [0, 0.05) is 33.6 Å². The van der Waals surface area contributed by atoms with Crippen LogP contribution in [0.2, 0.25) is 0 Å². The molecule has 3 heterocycles. The number of pyridine rings is 2. The van der Waals surface area contributed by atoms with Gasteiger partial charge in [-0.3, -0.25) is 4.98 Å². The molecule has 0 spiro atoms. The molecule has 0 aliphatic carbocycles. The maximum absolute atomic E-state index is 5.37. The molecule has 0 N–H and O–H groups in total. The van der Waals surface area contributed by atoms with E-state index >= 15 is 0 Å². The average molecular weight is 535 g/mol. The lowest BCUT2D eigenvalue weighted by atomic mass is 10.0. The van der Waals surface area contributed by atoms with Crippen molar-refractivity contribution in [1.82, 2.24) is 9.97 Å². The molecule has 8 rings (SSSR count). The van der Waals surface area contributed by atoms with Gasteiger partial charge in [0.15, 0.2) is 0 Å². The molecule has 2 atom stereocenters. The predicted molar refractivity (Wildman–Crippen MR) is 170 cm³/mol. The summed E-state index contributed by atoms with van der Waals surface area (Å²) >= 11 is 0. The zero-order valence-corrected chi connectivity index (χ0v) is 23.1. The van der Waals surface area contributed by atoms with Crippen LogP contribution in [0.15, 0.2) is 127 Å². The molecule has 0 saturated carbocycles. The van der Waals surface area contributed by atoms with Crippen LogP contribution in [0.5, 0.6) is 0 Å². The van der Waals surface area contributed by atoms with E-state index in [4.69, 9.17) is 9.97 Å². The topological polar surface area (TPSA) is 25.8 Å². The van der Waals surface area contributed by atoms with Crippen LogP contribution < -0.4 is 21.2 Å². The molecule has 1 aliphatic heterocycles. The second-order valence-electron chi connectivity index (χ2n) is 9.98. The van der Waals surface area contributed by atoms with E-state index in [1.54, 1.807) is 0 Å². The molecule has 184 valence electrons. The molecule has 4 bridgehead atoms. The number of hydrogen-bond acceptors (Lipinski definition) is 2. The van der Waals surface area contributed by atoms with Gasteiger partial charge in [-0.1, -0.05) is 124 Å². The summed E-state index contributed by atoms with van der Waals surface area (Å²) in [4.78, 5) is 10.7. The van der Waals surface area contributed by atoms with Crippen LogP contribution in [-0.4, -0.2) is 9.97 Å². The monoisotopic (exact) mass is 534 g/mol. The zero-order valence-electron chi connectivity index (χ0n) is 21.2. The van der Waals surface area contributed by atoms with Crippen LogP contribution in [-0.2, 0) is 6.16 Å².